The minimum absolute atomic E-state index is 0.155. The summed E-state index contributed by atoms with van der Waals surface area (Å²) in [7, 11) is 0. The van der Waals surface area contributed by atoms with Gasteiger partial charge in [-0.15, -0.1) is 0 Å². The maximum absolute atomic E-state index is 6.35. The van der Waals surface area contributed by atoms with E-state index in [0.717, 1.165) is 36.0 Å². The fourth-order valence-electron chi connectivity index (χ4n) is 4.64. The predicted molar refractivity (Wildman–Crippen MR) is 100 cm³/mol. The van der Waals surface area contributed by atoms with Crippen molar-refractivity contribution in [1.82, 2.24) is 9.88 Å². The Labute approximate surface area is 151 Å². The van der Waals surface area contributed by atoms with Crippen molar-refractivity contribution in [1.29, 1.82) is 0 Å². The molecule has 3 heterocycles. The van der Waals surface area contributed by atoms with Crippen LogP contribution < -0.4 is 0 Å². The lowest BCUT2D eigenvalue weighted by atomic mass is 9.75. The summed E-state index contributed by atoms with van der Waals surface area (Å²) >= 11 is 12.6. The Hall–Kier alpha value is -1.48. The van der Waals surface area contributed by atoms with Gasteiger partial charge in [0.05, 0.1) is 5.54 Å². The number of benzene rings is 2. The van der Waals surface area contributed by atoms with E-state index in [4.69, 9.17) is 23.2 Å². The summed E-state index contributed by atoms with van der Waals surface area (Å²) in [4.78, 5) is 6.29. The number of hydrogen-bond donors (Lipinski definition) is 1. The molecule has 1 N–H and O–H groups in total. The first-order chi connectivity index (χ1) is 11.6. The van der Waals surface area contributed by atoms with Gasteiger partial charge in [-0.3, -0.25) is 4.90 Å². The zero-order valence-electron chi connectivity index (χ0n) is 13.5. The maximum Gasteiger partial charge on any atom is 0.0844 e. The molecule has 1 unspecified atom stereocenters. The molecule has 2 nitrogen and oxygen atoms in total. The molecule has 24 heavy (non-hydrogen) atoms. The topological polar surface area (TPSA) is 19.0 Å². The number of fused-ring (bicyclic) bond motifs is 7. The highest BCUT2D eigenvalue weighted by molar-refractivity contribution is 6.31. The third-order valence-corrected chi connectivity index (χ3v) is 6.34. The van der Waals surface area contributed by atoms with Crippen molar-refractivity contribution in [2.45, 2.75) is 25.3 Å². The van der Waals surface area contributed by atoms with Crippen LogP contribution in [-0.2, 0) is 18.4 Å². The van der Waals surface area contributed by atoms with E-state index in [0.29, 0.717) is 0 Å². The van der Waals surface area contributed by atoms with E-state index in [1.165, 1.54) is 33.3 Å². The highest BCUT2D eigenvalue weighted by Crippen LogP contribution is 2.47. The van der Waals surface area contributed by atoms with Crippen LogP contribution in [0.2, 0.25) is 10.0 Å². The fraction of sp³-hybridized carbons (Fsp3) is 0.300. The molecule has 2 aliphatic rings. The van der Waals surface area contributed by atoms with Gasteiger partial charge in [0, 0.05) is 39.7 Å². The standard InChI is InChI=1S/C20H18Cl2N2/c1-20-17-11-14(22)3-2-12(17)6-8-24(20)9-7-15-16-10-13(21)4-5-18(16)23-19(15)20/h2-5,10-11,23H,6-9H2,1H3. The Balaban J connectivity index is 1.83. The Bertz CT molecular complexity index is 975. The van der Waals surface area contributed by atoms with Gasteiger partial charge in [0.2, 0.25) is 0 Å². The van der Waals surface area contributed by atoms with Gasteiger partial charge in [-0.05, 0) is 66.8 Å². The SMILES string of the molecule is CC12c3cc(Cl)ccc3CCN1CCc1c2[nH]c2ccc(Cl)cc12. The lowest BCUT2D eigenvalue weighted by molar-refractivity contribution is 0.112. The first-order valence-corrected chi connectivity index (χ1v) is 9.17. The van der Waals surface area contributed by atoms with Crippen molar-refractivity contribution in [2.24, 2.45) is 0 Å². The van der Waals surface area contributed by atoms with Crippen molar-refractivity contribution in [3.05, 3.63) is 68.8 Å². The third kappa shape index (κ3) is 1.88. The molecule has 0 bridgehead atoms. The Morgan fingerprint density at radius 2 is 1.75 bits per heavy atom. The highest BCUT2D eigenvalue weighted by Gasteiger charge is 2.45. The van der Waals surface area contributed by atoms with Crippen LogP contribution in [0.3, 0.4) is 0 Å². The quantitative estimate of drug-likeness (QED) is 0.589. The van der Waals surface area contributed by atoms with Crippen LogP contribution in [0.1, 0.15) is 29.3 Å². The van der Waals surface area contributed by atoms with Gasteiger partial charge in [-0.2, -0.15) is 0 Å². The molecular weight excluding hydrogens is 339 g/mol. The molecule has 3 aromatic rings. The van der Waals surface area contributed by atoms with Crippen LogP contribution in [0.5, 0.6) is 0 Å². The van der Waals surface area contributed by atoms with Crippen molar-refractivity contribution in [2.75, 3.05) is 13.1 Å². The summed E-state index contributed by atoms with van der Waals surface area (Å²) in [6.45, 7) is 4.48. The van der Waals surface area contributed by atoms with E-state index in [1.807, 2.05) is 12.1 Å². The average molecular weight is 357 g/mol. The second-order valence-electron chi connectivity index (χ2n) is 7.03. The van der Waals surface area contributed by atoms with E-state index in [1.54, 1.807) is 0 Å². The molecule has 1 atom stereocenters. The number of rotatable bonds is 0. The summed E-state index contributed by atoms with van der Waals surface area (Å²) in [6, 6.07) is 12.5. The summed E-state index contributed by atoms with van der Waals surface area (Å²) < 4.78 is 0. The van der Waals surface area contributed by atoms with Crippen LogP contribution in [-0.4, -0.2) is 23.0 Å². The Morgan fingerprint density at radius 1 is 1.00 bits per heavy atom. The average Bonchev–Trinajstić information content (AvgIpc) is 2.94. The summed E-state index contributed by atoms with van der Waals surface area (Å²) in [6.07, 6.45) is 2.14. The second kappa shape index (κ2) is 5.01. The van der Waals surface area contributed by atoms with Crippen molar-refractivity contribution >= 4 is 34.1 Å². The normalized spacial score (nSPS) is 23.0. The zero-order valence-corrected chi connectivity index (χ0v) is 15.0. The lowest BCUT2D eigenvalue weighted by Gasteiger charge is -2.49. The van der Waals surface area contributed by atoms with Crippen LogP contribution in [0.15, 0.2) is 36.4 Å². The summed E-state index contributed by atoms with van der Waals surface area (Å²) in [5.74, 6) is 0. The van der Waals surface area contributed by atoms with Gasteiger partial charge in [0.15, 0.2) is 0 Å². The van der Waals surface area contributed by atoms with Crippen LogP contribution in [0.25, 0.3) is 10.9 Å². The third-order valence-electron chi connectivity index (χ3n) is 5.87. The largest absolute Gasteiger partial charge is 0.356 e. The van der Waals surface area contributed by atoms with Gasteiger partial charge in [-0.25, -0.2) is 0 Å². The van der Waals surface area contributed by atoms with Gasteiger partial charge >= 0.3 is 0 Å². The molecule has 0 amide bonds. The van der Waals surface area contributed by atoms with Crippen molar-refractivity contribution < 1.29 is 0 Å². The summed E-state index contributed by atoms with van der Waals surface area (Å²) in [5.41, 5.74) is 6.45. The van der Waals surface area contributed by atoms with Gasteiger partial charge in [-0.1, -0.05) is 29.3 Å². The number of halogens is 2. The number of aromatic nitrogens is 1. The molecule has 1 aromatic heterocycles. The zero-order chi connectivity index (χ0) is 16.5. The molecule has 2 aliphatic heterocycles. The Kier molecular flexibility index (Phi) is 3.10. The first kappa shape index (κ1) is 14.8. The molecule has 5 rings (SSSR count). The second-order valence-corrected chi connectivity index (χ2v) is 7.90. The van der Waals surface area contributed by atoms with Crippen LogP contribution in [0, 0.1) is 0 Å². The molecular formula is C20H18Cl2N2. The predicted octanol–water partition coefficient (Wildman–Crippen LogP) is 5.15. The Morgan fingerprint density at radius 3 is 2.62 bits per heavy atom. The van der Waals surface area contributed by atoms with Crippen molar-refractivity contribution in [3.63, 3.8) is 0 Å². The van der Waals surface area contributed by atoms with E-state index < -0.39 is 0 Å². The number of nitrogens with zero attached hydrogens (tertiary/aromatic N) is 1. The van der Waals surface area contributed by atoms with E-state index in [-0.39, 0.29) is 5.54 Å². The van der Waals surface area contributed by atoms with Crippen molar-refractivity contribution in [3.8, 4) is 0 Å². The molecule has 0 saturated carbocycles. The first-order valence-electron chi connectivity index (χ1n) is 8.42. The van der Waals surface area contributed by atoms with E-state index >= 15 is 0 Å². The number of nitrogens with one attached hydrogen (secondary N) is 1. The molecule has 0 radical (unpaired) electrons. The van der Waals surface area contributed by atoms with Gasteiger partial charge < -0.3 is 4.98 Å². The van der Waals surface area contributed by atoms with E-state index in [9.17, 15) is 0 Å². The molecule has 0 aliphatic carbocycles. The summed E-state index contributed by atoms with van der Waals surface area (Å²) in [5, 5.41) is 2.86. The molecule has 4 heteroatoms. The lowest BCUT2D eigenvalue weighted by Crippen LogP contribution is -2.53. The van der Waals surface area contributed by atoms with E-state index in [2.05, 4.69) is 41.1 Å². The number of hydrogen-bond acceptors (Lipinski definition) is 1. The monoisotopic (exact) mass is 356 g/mol. The van der Waals surface area contributed by atoms with Crippen LogP contribution >= 0.6 is 23.2 Å². The molecule has 0 saturated heterocycles. The maximum atomic E-state index is 6.35. The molecule has 0 spiro atoms. The minimum atomic E-state index is -0.155. The van der Waals surface area contributed by atoms with Crippen LogP contribution in [0.4, 0.5) is 0 Å². The minimum Gasteiger partial charge on any atom is -0.356 e. The number of H-pyrrole nitrogens is 1. The van der Waals surface area contributed by atoms with Gasteiger partial charge in [0.1, 0.15) is 0 Å². The highest BCUT2D eigenvalue weighted by atomic mass is 35.5. The fourth-order valence-corrected chi connectivity index (χ4v) is 4.98. The molecule has 2 aromatic carbocycles. The molecule has 0 fully saturated rings. The number of aromatic amines is 1. The molecule has 122 valence electrons. The van der Waals surface area contributed by atoms with Gasteiger partial charge in [0.25, 0.3) is 0 Å². The smallest absolute Gasteiger partial charge is 0.0844 e.